The number of aromatic nitrogens is 3. The lowest BCUT2D eigenvalue weighted by Crippen LogP contribution is -2.33. The molecule has 3 heterocycles. The molecule has 1 saturated heterocycles. The standard InChI is InChI=1S/C13H17N5O5/c1-4-16-10(14)7-5(11(15)22)2-18(12(7)17-4)13-9(21)8(20)6(3-19)23-13/h2,6,8-9,13,19-21H,3H2,1H3,(H2,15,22)(H2,14,16,17)/t6-,8+,9+,13+/m0/s1. The number of hydrogen-bond donors (Lipinski definition) is 5. The van der Waals surface area contributed by atoms with E-state index in [1.807, 2.05) is 0 Å². The molecule has 7 N–H and O–H groups in total. The summed E-state index contributed by atoms with van der Waals surface area (Å²) < 4.78 is 6.83. The molecule has 0 bridgehead atoms. The fourth-order valence-corrected chi connectivity index (χ4v) is 2.78. The van der Waals surface area contributed by atoms with Crippen LogP contribution in [0.25, 0.3) is 11.0 Å². The largest absolute Gasteiger partial charge is 0.394 e. The number of ether oxygens (including phenoxy) is 1. The molecule has 0 radical (unpaired) electrons. The van der Waals surface area contributed by atoms with Crippen molar-refractivity contribution < 1.29 is 24.9 Å². The highest BCUT2D eigenvalue weighted by molar-refractivity contribution is 6.08. The number of aliphatic hydroxyl groups is 3. The minimum Gasteiger partial charge on any atom is -0.394 e. The normalized spacial score (nSPS) is 27.7. The van der Waals surface area contributed by atoms with Crippen LogP contribution >= 0.6 is 0 Å². The number of amides is 1. The van der Waals surface area contributed by atoms with E-state index in [9.17, 15) is 20.1 Å². The van der Waals surface area contributed by atoms with E-state index in [0.717, 1.165) is 0 Å². The summed E-state index contributed by atoms with van der Waals surface area (Å²) >= 11 is 0. The zero-order chi connectivity index (χ0) is 16.9. The van der Waals surface area contributed by atoms with Gasteiger partial charge < -0.3 is 36.1 Å². The van der Waals surface area contributed by atoms with E-state index < -0.39 is 37.1 Å². The third-order valence-electron chi connectivity index (χ3n) is 3.87. The third kappa shape index (κ3) is 2.32. The van der Waals surface area contributed by atoms with Crippen molar-refractivity contribution in [3.8, 4) is 0 Å². The van der Waals surface area contributed by atoms with Gasteiger partial charge in [-0.05, 0) is 6.92 Å². The Labute approximate surface area is 130 Å². The van der Waals surface area contributed by atoms with Gasteiger partial charge in [-0.25, -0.2) is 9.97 Å². The predicted molar refractivity (Wildman–Crippen MR) is 78.2 cm³/mol. The van der Waals surface area contributed by atoms with Crippen molar-refractivity contribution in [3.05, 3.63) is 17.6 Å². The second-order valence-electron chi connectivity index (χ2n) is 5.40. The molecule has 1 aliphatic rings. The molecule has 0 spiro atoms. The first kappa shape index (κ1) is 15.6. The first-order valence-corrected chi connectivity index (χ1v) is 6.92. The molecule has 0 aromatic carbocycles. The summed E-state index contributed by atoms with van der Waals surface area (Å²) in [6, 6.07) is 0. The molecule has 1 amide bonds. The number of primary amides is 1. The Morgan fingerprint density at radius 1 is 1.39 bits per heavy atom. The quantitative estimate of drug-likeness (QED) is 0.433. The number of nitrogens with two attached hydrogens (primary N) is 2. The van der Waals surface area contributed by atoms with Crippen LogP contribution in [0.5, 0.6) is 0 Å². The lowest BCUT2D eigenvalue weighted by molar-refractivity contribution is -0.0509. The van der Waals surface area contributed by atoms with Crippen LogP contribution in [0, 0.1) is 6.92 Å². The molecule has 1 fully saturated rings. The summed E-state index contributed by atoms with van der Waals surface area (Å²) in [6.07, 6.45) is -3.26. The molecule has 10 nitrogen and oxygen atoms in total. The number of carbonyl (C=O) groups excluding carboxylic acids is 1. The van der Waals surface area contributed by atoms with E-state index in [0.29, 0.717) is 5.82 Å². The fraction of sp³-hybridized carbons (Fsp3) is 0.462. The van der Waals surface area contributed by atoms with Crippen LogP contribution in [0.3, 0.4) is 0 Å². The molecule has 23 heavy (non-hydrogen) atoms. The van der Waals surface area contributed by atoms with Gasteiger partial charge in [0.15, 0.2) is 6.23 Å². The van der Waals surface area contributed by atoms with Crippen molar-refractivity contribution >= 4 is 22.8 Å². The van der Waals surface area contributed by atoms with Crippen LogP contribution in [0.15, 0.2) is 6.20 Å². The lowest BCUT2D eigenvalue weighted by Gasteiger charge is -2.17. The second-order valence-corrected chi connectivity index (χ2v) is 5.40. The number of aryl methyl sites for hydroxylation is 1. The van der Waals surface area contributed by atoms with E-state index in [2.05, 4.69) is 9.97 Å². The minimum absolute atomic E-state index is 0.0757. The van der Waals surface area contributed by atoms with Gasteiger partial charge in [0.2, 0.25) is 0 Å². The molecule has 2 aromatic rings. The maximum atomic E-state index is 11.7. The maximum absolute atomic E-state index is 11.7. The average Bonchev–Trinajstić information content (AvgIpc) is 2.99. The van der Waals surface area contributed by atoms with Gasteiger partial charge in [-0.1, -0.05) is 0 Å². The molecule has 0 aliphatic carbocycles. The molecule has 10 heteroatoms. The van der Waals surface area contributed by atoms with Gasteiger partial charge in [0, 0.05) is 6.20 Å². The Hall–Kier alpha value is -2.27. The molecule has 1 aliphatic heterocycles. The van der Waals surface area contributed by atoms with Crippen LogP contribution in [0.4, 0.5) is 5.82 Å². The van der Waals surface area contributed by atoms with Crippen molar-refractivity contribution in [3.63, 3.8) is 0 Å². The SMILES string of the molecule is Cc1nc(N)c2c(C(N)=O)cn([C@@H]3O[C@@H](CO)[C@@H](O)[C@H]3O)c2n1. The zero-order valence-corrected chi connectivity index (χ0v) is 12.2. The first-order valence-electron chi connectivity index (χ1n) is 6.92. The number of hydrogen-bond acceptors (Lipinski definition) is 8. The third-order valence-corrected chi connectivity index (χ3v) is 3.87. The summed E-state index contributed by atoms with van der Waals surface area (Å²) in [5, 5.41) is 29.5. The van der Waals surface area contributed by atoms with Crippen LogP contribution in [0.2, 0.25) is 0 Å². The summed E-state index contributed by atoms with van der Waals surface area (Å²) in [5.74, 6) is -0.302. The van der Waals surface area contributed by atoms with Gasteiger partial charge in [0.25, 0.3) is 5.91 Å². The molecule has 124 valence electrons. The van der Waals surface area contributed by atoms with Gasteiger partial charge in [-0.15, -0.1) is 0 Å². The second kappa shape index (κ2) is 5.42. The highest BCUT2D eigenvalue weighted by Gasteiger charge is 2.44. The number of nitrogens with zero attached hydrogens (tertiary/aromatic N) is 3. The summed E-state index contributed by atoms with van der Waals surface area (Å²) in [4.78, 5) is 19.9. The zero-order valence-electron chi connectivity index (χ0n) is 12.2. The Balaban J connectivity index is 2.20. The van der Waals surface area contributed by atoms with Crippen molar-refractivity contribution in [2.24, 2.45) is 5.73 Å². The molecule has 0 unspecified atom stereocenters. The van der Waals surface area contributed by atoms with E-state index in [4.69, 9.17) is 16.2 Å². The Bertz CT molecular complexity index is 776. The molecular formula is C13H17N5O5. The molecular weight excluding hydrogens is 306 g/mol. The van der Waals surface area contributed by atoms with Gasteiger partial charge in [0.05, 0.1) is 17.6 Å². The number of fused-ring (bicyclic) bond motifs is 1. The minimum atomic E-state index is -1.32. The van der Waals surface area contributed by atoms with Crippen LogP contribution in [0.1, 0.15) is 22.4 Å². The lowest BCUT2D eigenvalue weighted by atomic mass is 10.1. The van der Waals surface area contributed by atoms with Crippen molar-refractivity contribution in [1.82, 2.24) is 14.5 Å². The number of anilines is 1. The number of aliphatic hydroxyl groups excluding tert-OH is 3. The Kier molecular flexibility index (Phi) is 3.68. The highest BCUT2D eigenvalue weighted by Crippen LogP contribution is 2.34. The molecule has 4 atom stereocenters. The van der Waals surface area contributed by atoms with Crippen LogP contribution < -0.4 is 11.5 Å². The van der Waals surface area contributed by atoms with Crippen molar-refractivity contribution in [1.29, 1.82) is 0 Å². The van der Waals surface area contributed by atoms with Gasteiger partial charge in [-0.2, -0.15) is 0 Å². The Morgan fingerprint density at radius 2 is 2.09 bits per heavy atom. The van der Waals surface area contributed by atoms with Crippen molar-refractivity contribution in [2.75, 3.05) is 12.3 Å². The van der Waals surface area contributed by atoms with E-state index in [1.165, 1.54) is 10.8 Å². The summed E-state index contributed by atoms with van der Waals surface area (Å²) in [7, 11) is 0. The number of nitrogen functional groups attached to an aromatic ring is 1. The molecule has 2 aromatic heterocycles. The van der Waals surface area contributed by atoms with E-state index in [-0.39, 0.29) is 22.4 Å². The van der Waals surface area contributed by atoms with E-state index >= 15 is 0 Å². The summed E-state index contributed by atoms with van der Waals surface area (Å²) in [5.41, 5.74) is 11.5. The molecule has 3 rings (SSSR count). The smallest absolute Gasteiger partial charge is 0.251 e. The van der Waals surface area contributed by atoms with Crippen molar-refractivity contribution in [2.45, 2.75) is 31.5 Å². The maximum Gasteiger partial charge on any atom is 0.251 e. The summed E-state index contributed by atoms with van der Waals surface area (Å²) in [6.45, 7) is 1.15. The highest BCUT2D eigenvalue weighted by atomic mass is 16.6. The molecule has 0 saturated carbocycles. The average molecular weight is 323 g/mol. The first-order chi connectivity index (χ1) is 10.8. The van der Waals surface area contributed by atoms with Gasteiger partial charge in [-0.3, -0.25) is 4.79 Å². The van der Waals surface area contributed by atoms with Crippen LogP contribution in [-0.2, 0) is 4.74 Å². The number of carbonyl (C=O) groups is 1. The van der Waals surface area contributed by atoms with Gasteiger partial charge in [0.1, 0.15) is 35.6 Å². The fourth-order valence-electron chi connectivity index (χ4n) is 2.78. The Morgan fingerprint density at radius 3 is 2.65 bits per heavy atom. The number of rotatable bonds is 3. The van der Waals surface area contributed by atoms with E-state index in [1.54, 1.807) is 6.92 Å². The topological polar surface area (TPSA) is 170 Å². The van der Waals surface area contributed by atoms with Gasteiger partial charge >= 0.3 is 0 Å². The predicted octanol–water partition coefficient (Wildman–Crippen LogP) is -1.97. The van der Waals surface area contributed by atoms with Crippen LogP contribution in [-0.4, -0.2) is 60.7 Å². The monoisotopic (exact) mass is 323 g/mol.